The van der Waals surface area contributed by atoms with Crippen LogP contribution in [0.1, 0.15) is 44.9 Å². The molecule has 6 nitrogen and oxygen atoms in total. The lowest BCUT2D eigenvalue weighted by Gasteiger charge is -2.48. The fourth-order valence-corrected chi connectivity index (χ4v) is 4.57. The summed E-state index contributed by atoms with van der Waals surface area (Å²) in [6, 6.07) is 0. The summed E-state index contributed by atoms with van der Waals surface area (Å²) in [6.45, 7) is 6.00. The minimum Gasteiger partial charge on any atom is -0.381 e. The van der Waals surface area contributed by atoms with Crippen LogP contribution in [0, 0.1) is 5.41 Å². The molecular formula is C18H33N3O3. The average molecular weight is 339 g/mol. The zero-order valence-electron chi connectivity index (χ0n) is 14.9. The summed E-state index contributed by atoms with van der Waals surface area (Å²) in [5, 5.41) is 3.30. The summed E-state index contributed by atoms with van der Waals surface area (Å²) >= 11 is 0. The van der Waals surface area contributed by atoms with E-state index in [9.17, 15) is 4.79 Å². The van der Waals surface area contributed by atoms with Crippen LogP contribution in [0.15, 0.2) is 0 Å². The second kappa shape index (κ2) is 8.13. The van der Waals surface area contributed by atoms with Crippen molar-refractivity contribution in [3.63, 3.8) is 0 Å². The van der Waals surface area contributed by atoms with Gasteiger partial charge in [-0.2, -0.15) is 0 Å². The van der Waals surface area contributed by atoms with E-state index < -0.39 is 5.41 Å². The zero-order chi connectivity index (χ0) is 16.9. The second-order valence-electron chi connectivity index (χ2n) is 7.66. The van der Waals surface area contributed by atoms with Gasteiger partial charge in [0.05, 0.1) is 18.6 Å². The van der Waals surface area contributed by atoms with Crippen LogP contribution >= 0.6 is 0 Å². The molecule has 2 saturated heterocycles. The largest absolute Gasteiger partial charge is 0.381 e. The van der Waals surface area contributed by atoms with Crippen molar-refractivity contribution in [2.24, 2.45) is 11.1 Å². The summed E-state index contributed by atoms with van der Waals surface area (Å²) < 4.78 is 11.0. The maximum atomic E-state index is 12.9. The van der Waals surface area contributed by atoms with Gasteiger partial charge < -0.3 is 20.5 Å². The van der Waals surface area contributed by atoms with E-state index in [1.807, 2.05) is 0 Å². The van der Waals surface area contributed by atoms with E-state index in [2.05, 4.69) is 10.2 Å². The van der Waals surface area contributed by atoms with Crippen LogP contribution in [0.2, 0.25) is 0 Å². The average Bonchev–Trinajstić information content (AvgIpc) is 2.68. The minimum absolute atomic E-state index is 0.110. The summed E-state index contributed by atoms with van der Waals surface area (Å²) in [7, 11) is 0. The lowest BCUT2D eigenvalue weighted by atomic mass is 9.77. The smallest absolute Gasteiger partial charge is 0.227 e. The predicted molar refractivity (Wildman–Crippen MR) is 92.8 cm³/mol. The maximum absolute atomic E-state index is 12.9. The summed E-state index contributed by atoms with van der Waals surface area (Å²) in [6.07, 6.45) is 7.63. The number of nitrogens with two attached hydrogens (primary N) is 1. The topological polar surface area (TPSA) is 76.8 Å². The number of hydrogen-bond donors (Lipinski definition) is 2. The van der Waals surface area contributed by atoms with Gasteiger partial charge in [-0.3, -0.25) is 9.69 Å². The van der Waals surface area contributed by atoms with Gasteiger partial charge in [-0.1, -0.05) is 19.3 Å². The van der Waals surface area contributed by atoms with Crippen LogP contribution in [0.25, 0.3) is 0 Å². The molecule has 6 heteroatoms. The van der Waals surface area contributed by atoms with Gasteiger partial charge in [0, 0.05) is 44.9 Å². The molecule has 0 atom stereocenters. The molecule has 24 heavy (non-hydrogen) atoms. The highest BCUT2D eigenvalue weighted by Crippen LogP contribution is 2.35. The summed E-state index contributed by atoms with van der Waals surface area (Å²) in [4.78, 5) is 15.5. The monoisotopic (exact) mass is 339 g/mol. The fourth-order valence-electron chi connectivity index (χ4n) is 4.57. The molecule has 3 aliphatic rings. The van der Waals surface area contributed by atoms with Crippen LogP contribution in [0.3, 0.4) is 0 Å². The van der Waals surface area contributed by atoms with Crippen LogP contribution in [0.5, 0.6) is 0 Å². The highest BCUT2D eigenvalue weighted by molar-refractivity contribution is 5.83. The van der Waals surface area contributed by atoms with Crippen LogP contribution in [0.4, 0.5) is 0 Å². The van der Waals surface area contributed by atoms with Crippen LogP contribution in [-0.2, 0) is 14.3 Å². The van der Waals surface area contributed by atoms with Crippen molar-refractivity contribution in [3.05, 3.63) is 0 Å². The molecule has 1 amide bonds. The minimum atomic E-state index is -0.431. The number of morpholine rings is 1. The molecule has 0 unspecified atom stereocenters. The Morgan fingerprint density at radius 3 is 2.21 bits per heavy atom. The van der Waals surface area contributed by atoms with Gasteiger partial charge in [-0.15, -0.1) is 0 Å². The molecule has 0 spiro atoms. The Hall–Kier alpha value is -0.690. The van der Waals surface area contributed by atoms with Crippen molar-refractivity contribution >= 4 is 5.91 Å². The molecule has 0 aromatic rings. The predicted octanol–water partition coefficient (Wildman–Crippen LogP) is 0.893. The fraction of sp³-hybridized carbons (Fsp3) is 0.944. The third-order valence-corrected chi connectivity index (χ3v) is 6.37. The Bertz CT molecular complexity index is 412. The van der Waals surface area contributed by atoms with E-state index in [-0.39, 0.29) is 11.4 Å². The van der Waals surface area contributed by atoms with Gasteiger partial charge in [0.2, 0.25) is 5.91 Å². The molecule has 2 aliphatic heterocycles. The standard InChI is InChI=1S/C18H33N3O3/c19-14-17(6-10-23-11-7-17)16(22)20-15-18(4-2-1-3-5-18)21-8-12-24-13-9-21/h1-15,19H2,(H,20,22). The molecule has 138 valence electrons. The van der Waals surface area contributed by atoms with E-state index in [0.29, 0.717) is 19.8 Å². The number of carbonyl (C=O) groups excluding carboxylic acids is 1. The van der Waals surface area contributed by atoms with Crippen molar-refractivity contribution < 1.29 is 14.3 Å². The molecule has 3 N–H and O–H groups in total. The molecule has 0 aromatic carbocycles. The van der Waals surface area contributed by atoms with Crippen LogP contribution < -0.4 is 11.1 Å². The SMILES string of the molecule is NCC1(C(=O)NCC2(N3CCOCC3)CCCCC2)CCOCC1. The summed E-state index contributed by atoms with van der Waals surface area (Å²) in [5.41, 5.74) is 5.66. The van der Waals surface area contributed by atoms with E-state index in [1.165, 1.54) is 32.1 Å². The van der Waals surface area contributed by atoms with Crippen molar-refractivity contribution in [2.75, 3.05) is 52.6 Å². The highest BCUT2D eigenvalue weighted by atomic mass is 16.5. The van der Waals surface area contributed by atoms with Crippen molar-refractivity contribution in [1.29, 1.82) is 0 Å². The van der Waals surface area contributed by atoms with Crippen molar-refractivity contribution in [3.8, 4) is 0 Å². The van der Waals surface area contributed by atoms with Crippen LogP contribution in [-0.4, -0.2) is 69.0 Å². The second-order valence-corrected chi connectivity index (χ2v) is 7.66. The Balaban J connectivity index is 1.65. The van der Waals surface area contributed by atoms with E-state index in [4.69, 9.17) is 15.2 Å². The molecule has 0 bridgehead atoms. The Morgan fingerprint density at radius 2 is 1.58 bits per heavy atom. The Kier molecular flexibility index (Phi) is 6.13. The normalized spacial score (nSPS) is 27.5. The van der Waals surface area contributed by atoms with Crippen molar-refractivity contribution in [2.45, 2.75) is 50.5 Å². The number of hydrogen-bond acceptors (Lipinski definition) is 5. The maximum Gasteiger partial charge on any atom is 0.227 e. The number of amides is 1. The van der Waals surface area contributed by atoms with E-state index in [1.54, 1.807) is 0 Å². The number of rotatable bonds is 5. The highest BCUT2D eigenvalue weighted by Gasteiger charge is 2.42. The third-order valence-electron chi connectivity index (χ3n) is 6.37. The molecule has 0 aromatic heterocycles. The lowest BCUT2D eigenvalue weighted by Crippen LogP contribution is -2.61. The first-order valence-electron chi connectivity index (χ1n) is 9.60. The number of carbonyl (C=O) groups is 1. The molecule has 1 saturated carbocycles. The molecule has 1 aliphatic carbocycles. The molecule has 0 radical (unpaired) electrons. The first-order valence-corrected chi connectivity index (χ1v) is 9.60. The van der Waals surface area contributed by atoms with Gasteiger partial charge in [-0.25, -0.2) is 0 Å². The van der Waals surface area contributed by atoms with E-state index in [0.717, 1.165) is 45.7 Å². The Morgan fingerprint density at radius 1 is 0.958 bits per heavy atom. The van der Waals surface area contributed by atoms with Gasteiger partial charge in [-0.05, 0) is 25.7 Å². The Labute approximate surface area is 145 Å². The van der Waals surface area contributed by atoms with Gasteiger partial charge in [0.15, 0.2) is 0 Å². The lowest BCUT2D eigenvalue weighted by molar-refractivity contribution is -0.137. The zero-order valence-corrected chi connectivity index (χ0v) is 14.9. The molecule has 3 rings (SSSR count). The number of nitrogens with zero attached hydrogens (tertiary/aromatic N) is 1. The molecule has 2 heterocycles. The molecular weight excluding hydrogens is 306 g/mol. The van der Waals surface area contributed by atoms with Crippen molar-refractivity contribution in [1.82, 2.24) is 10.2 Å². The summed E-state index contributed by atoms with van der Waals surface area (Å²) in [5.74, 6) is 0.131. The quantitative estimate of drug-likeness (QED) is 0.778. The van der Waals surface area contributed by atoms with Gasteiger partial charge >= 0.3 is 0 Å². The van der Waals surface area contributed by atoms with Gasteiger partial charge in [0.25, 0.3) is 0 Å². The van der Waals surface area contributed by atoms with Gasteiger partial charge in [0.1, 0.15) is 0 Å². The number of nitrogens with one attached hydrogen (secondary N) is 1. The molecule has 3 fully saturated rings. The van der Waals surface area contributed by atoms with E-state index >= 15 is 0 Å². The third kappa shape index (κ3) is 3.77. The first kappa shape index (κ1) is 18.1. The number of ether oxygens (including phenoxy) is 2. The first-order chi connectivity index (χ1) is 11.7.